The number of rotatable bonds is 3. The van der Waals surface area contributed by atoms with E-state index in [1.54, 1.807) is 13.0 Å². The summed E-state index contributed by atoms with van der Waals surface area (Å²) in [6.45, 7) is 5.20. The minimum absolute atomic E-state index is 0.140. The van der Waals surface area contributed by atoms with E-state index in [9.17, 15) is 4.79 Å². The Kier molecular flexibility index (Phi) is 4.65. The predicted octanol–water partition coefficient (Wildman–Crippen LogP) is 4.98. The van der Waals surface area contributed by atoms with Crippen molar-refractivity contribution in [2.24, 2.45) is 5.16 Å². The first-order valence-corrected chi connectivity index (χ1v) is 9.67. The predicted molar refractivity (Wildman–Crippen MR) is 107 cm³/mol. The van der Waals surface area contributed by atoms with E-state index < -0.39 is 5.60 Å². The summed E-state index contributed by atoms with van der Waals surface area (Å²) >= 11 is 12.3. The molecule has 0 radical (unpaired) electrons. The van der Waals surface area contributed by atoms with E-state index >= 15 is 0 Å². The van der Waals surface area contributed by atoms with Gasteiger partial charge >= 0.3 is 0 Å². The highest BCUT2D eigenvalue weighted by Gasteiger charge is 2.37. The van der Waals surface area contributed by atoms with Gasteiger partial charge in [0.25, 0.3) is 0 Å². The molecular formula is C21H20Cl2N2O2. The average molecular weight is 403 g/mol. The molecule has 2 aliphatic heterocycles. The van der Waals surface area contributed by atoms with Crippen molar-refractivity contribution in [3.8, 4) is 0 Å². The molecule has 0 aliphatic carbocycles. The number of hydrogen-bond donors (Lipinski definition) is 0. The first-order chi connectivity index (χ1) is 12.8. The van der Waals surface area contributed by atoms with Gasteiger partial charge in [0.2, 0.25) is 5.91 Å². The molecule has 4 nitrogen and oxygen atoms in total. The van der Waals surface area contributed by atoms with Crippen LogP contribution in [0.3, 0.4) is 0 Å². The molecular weight excluding hydrogens is 383 g/mol. The van der Waals surface area contributed by atoms with Gasteiger partial charge in [0, 0.05) is 48.0 Å². The maximum Gasteiger partial charge on any atom is 0.219 e. The van der Waals surface area contributed by atoms with Gasteiger partial charge < -0.3 is 9.74 Å². The number of benzene rings is 2. The van der Waals surface area contributed by atoms with Gasteiger partial charge in [0.15, 0.2) is 5.60 Å². The Hall–Kier alpha value is -2.04. The SMILES string of the molecule is CC(=O)N1CC(c2ccc(C3=NOC(C)(c4cc(Cl)cc(Cl)c4)C3)cc2)C1. The van der Waals surface area contributed by atoms with Crippen molar-refractivity contribution in [2.45, 2.75) is 31.8 Å². The number of carbonyl (C=O) groups excluding carboxylic acids is 1. The zero-order valence-electron chi connectivity index (χ0n) is 15.2. The first-order valence-electron chi connectivity index (χ1n) is 8.91. The van der Waals surface area contributed by atoms with Crippen molar-refractivity contribution in [3.63, 3.8) is 0 Å². The molecule has 27 heavy (non-hydrogen) atoms. The lowest BCUT2D eigenvalue weighted by Crippen LogP contribution is -2.47. The third-order valence-electron chi connectivity index (χ3n) is 5.38. The normalized spacial score (nSPS) is 22.2. The summed E-state index contributed by atoms with van der Waals surface area (Å²) in [4.78, 5) is 19.0. The number of halogens is 2. The van der Waals surface area contributed by atoms with Gasteiger partial charge in [-0.1, -0.05) is 52.6 Å². The van der Waals surface area contributed by atoms with Crippen molar-refractivity contribution in [2.75, 3.05) is 13.1 Å². The van der Waals surface area contributed by atoms with Gasteiger partial charge in [0.05, 0.1) is 5.71 Å². The van der Waals surface area contributed by atoms with E-state index in [1.165, 1.54) is 5.56 Å². The number of amides is 1. The molecule has 0 aromatic heterocycles. The minimum Gasteiger partial charge on any atom is -0.384 e. The molecule has 1 unspecified atom stereocenters. The molecule has 4 rings (SSSR count). The van der Waals surface area contributed by atoms with Crippen LogP contribution in [-0.4, -0.2) is 29.6 Å². The number of carbonyl (C=O) groups is 1. The van der Waals surface area contributed by atoms with E-state index in [2.05, 4.69) is 29.4 Å². The molecule has 1 amide bonds. The van der Waals surface area contributed by atoms with Crippen LogP contribution in [0, 0.1) is 0 Å². The standard InChI is InChI=1S/C21H20Cl2N2O2/c1-13(26)25-11-16(12-25)14-3-5-15(6-4-14)20-10-21(2,27-24-20)17-7-18(22)9-19(23)8-17/h3-9,16H,10-12H2,1-2H3. The summed E-state index contributed by atoms with van der Waals surface area (Å²) in [6.07, 6.45) is 0.643. The third kappa shape index (κ3) is 3.56. The smallest absolute Gasteiger partial charge is 0.219 e. The Morgan fingerprint density at radius 2 is 1.78 bits per heavy atom. The maximum absolute atomic E-state index is 11.3. The topological polar surface area (TPSA) is 41.9 Å². The highest BCUT2D eigenvalue weighted by Crippen LogP contribution is 2.38. The highest BCUT2D eigenvalue weighted by molar-refractivity contribution is 6.34. The highest BCUT2D eigenvalue weighted by atomic mass is 35.5. The Morgan fingerprint density at radius 3 is 2.37 bits per heavy atom. The lowest BCUT2D eigenvalue weighted by molar-refractivity contribution is -0.133. The zero-order chi connectivity index (χ0) is 19.2. The lowest BCUT2D eigenvalue weighted by atomic mass is 9.87. The minimum atomic E-state index is -0.585. The average Bonchev–Trinajstić information content (AvgIpc) is 2.97. The number of hydrogen-bond acceptors (Lipinski definition) is 3. The van der Waals surface area contributed by atoms with Gasteiger partial charge in [-0.3, -0.25) is 4.79 Å². The van der Waals surface area contributed by atoms with Crippen molar-refractivity contribution < 1.29 is 9.63 Å². The van der Waals surface area contributed by atoms with Crippen LogP contribution in [0.25, 0.3) is 0 Å². The molecule has 0 bridgehead atoms. The van der Waals surface area contributed by atoms with Crippen molar-refractivity contribution in [1.82, 2.24) is 4.90 Å². The van der Waals surface area contributed by atoms with Crippen molar-refractivity contribution >= 4 is 34.8 Å². The first kappa shape index (κ1) is 18.3. The van der Waals surface area contributed by atoms with Crippen molar-refractivity contribution in [1.29, 1.82) is 0 Å². The Morgan fingerprint density at radius 1 is 1.15 bits per heavy atom. The van der Waals surface area contributed by atoms with E-state index in [1.807, 2.05) is 24.0 Å². The van der Waals surface area contributed by atoms with Crippen LogP contribution in [0.4, 0.5) is 0 Å². The number of oxime groups is 1. The van der Waals surface area contributed by atoms with Crippen LogP contribution in [0.15, 0.2) is 47.6 Å². The second-order valence-corrected chi connectivity index (χ2v) is 8.31. The summed E-state index contributed by atoms with van der Waals surface area (Å²) in [5.41, 5.74) is 3.52. The fraction of sp³-hybridized carbons (Fsp3) is 0.333. The Labute approximate surface area is 168 Å². The summed E-state index contributed by atoms with van der Waals surface area (Å²) < 4.78 is 0. The molecule has 2 aliphatic rings. The monoisotopic (exact) mass is 402 g/mol. The summed E-state index contributed by atoms with van der Waals surface area (Å²) in [7, 11) is 0. The molecule has 0 N–H and O–H groups in total. The van der Waals surface area contributed by atoms with Gasteiger partial charge in [0.1, 0.15) is 0 Å². The van der Waals surface area contributed by atoms with Crippen LogP contribution < -0.4 is 0 Å². The zero-order valence-corrected chi connectivity index (χ0v) is 16.7. The van der Waals surface area contributed by atoms with E-state index in [0.29, 0.717) is 22.4 Å². The quantitative estimate of drug-likeness (QED) is 0.726. The molecule has 0 spiro atoms. The molecule has 1 saturated heterocycles. The second-order valence-electron chi connectivity index (χ2n) is 7.44. The van der Waals surface area contributed by atoms with E-state index in [-0.39, 0.29) is 5.91 Å². The van der Waals surface area contributed by atoms with Crippen LogP contribution in [-0.2, 0) is 15.2 Å². The summed E-state index contributed by atoms with van der Waals surface area (Å²) in [5, 5.41) is 5.48. The van der Waals surface area contributed by atoms with Gasteiger partial charge in [-0.05, 0) is 36.2 Å². The van der Waals surface area contributed by atoms with Crippen molar-refractivity contribution in [3.05, 3.63) is 69.2 Å². The van der Waals surface area contributed by atoms with Gasteiger partial charge in [-0.15, -0.1) is 0 Å². The van der Waals surface area contributed by atoms with Crippen LogP contribution in [0.5, 0.6) is 0 Å². The fourth-order valence-electron chi connectivity index (χ4n) is 3.60. The summed E-state index contributed by atoms with van der Waals surface area (Å²) in [6, 6.07) is 13.8. The largest absolute Gasteiger partial charge is 0.384 e. The van der Waals surface area contributed by atoms with E-state index in [4.69, 9.17) is 28.0 Å². The molecule has 2 aromatic carbocycles. The summed E-state index contributed by atoms with van der Waals surface area (Å²) in [5.74, 6) is 0.560. The van der Waals surface area contributed by atoms with Crippen LogP contribution in [0.1, 0.15) is 42.9 Å². The van der Waals surface area contributed by atoms with Crippen LogP contribution >= 0.6 is 23.2 Å². The van der Waals surface area contributed by atoms with E-state index in [0.717, 1.165) is 29.9 Å². The Balaban J connectivity index is 1.46. The molecule has 1 fully saturated rings. The van der Waals surface area contributed by atoms with Gasteiger partial charge in [-0.25, -0.2) is 0 Å². The molecule has 0 saturated carbocycles. The van der Waals surface area contributed by atoms with Crippen LogP contribution in [0.2, 0.25) is 10.0 Å². The number of nitrogens with zero attached hydrogens (tertiary/aromatic N) is 2. The molecule has 1 atom stereocenters. The second kappa shape index (κ2) is 6.84. The molecule has 6 heteroatoms. The molecule has 140 valence electrons. The third-order valence-corrected chi connectivity index (χ3v) is 5.81. The molecule has 2 aromatic rings. The Bertz CT molecular complexity index is 900. The number of likely N-dealkylation sites (tertiary alicyclic amines) is 1. The molecule has 2 heterocycles. The lowest BCUT2D eigenvalue weighted by Gasteiger charge is -2.39. The van der Waals surface area contributed by atoms with Gasteiger partial charge in [-0.2, -0.15) is 0 Å². The fourth-order valence-corrected chi connectivity index (χ4v) is 4.13. The maximum atomic E-state index is 11.3.